The predicted molar refractivity (Wildman–Crippen MR) is 77.0 cm³/mol. The van der Waals surface area contributed by atoms with Crippen LogP contribution in [0.4, 0.5) is 0 Å². The van der Waals surface area contributed by atoms with Gasteiger partial charge in [0.15, 0.2) is 0 Å². The molecule has 3 rings (SSSR count). The lowest BCUT2D eigenvalue weighted by atomic mass is 10.3. The Morgan fingerprint density at radius 1 is 1.37 bits per heavy atom. The summed E-state index contributed by atoms with van der Waals surface area (Å²) in [4.78, 5) is 20.7. The molecule has 0 bridgehead atoms. The van der Waals surface area contributed by atoms with Crippen LogP contribution in [0.15, 0.2) is 34.6 Å². The summed E-state index contributed by atoms with van der Waals surface area (Å²) in [7, 11) is 0. The SMILES string of the molecule is Cc1cc(Cl)nc(Cn2ccc3sccc3c2=O)n1. The van der Waals surface area contributed by atoms with Crippen molar-refractivity contribution in [3.05, 3.63) is 56.8 Å². The Morgan fingerprint density at radius 3 is 3.00 bits per heavy atom. The summed E-state index contributed by atoms with van der Waals surface area (Å²) in [6, 6.07) is 5.46. The minimum atomic E-state index is -0.0278. The number of rotatable bonds is 2. The van der Waals surface area contributed by atoms with Crippen LogP contribution in [0.3, 0.4) is 0 Å². The summed E-state index contributed by atoms with van der Waals surface area (Å²) >= 11 is 7.45. The van der Waals surface area contributed by atoms with Crippen LogP contribution in [0.5, 0.6) is 0 Å². The molecule has 3 heterocycles. The number of hydrogen-bond donors (Lipinski definition) is 0. The minimum Gasteiger partial charge on any atom is -0.307 e. The molecular weight excluding hydrogens is 282 g/mol. The number of aromatic nitrogens is 3. The zero-order valence-corrected chi connectivity index (χ0v) is 11.7. The van der Waals surface area contributed by atoms with Gasteiger partial charge in [0.1, 0.15) is 11.0 Å². The number of hydrogen-bond acceptors (Lipinski definition) is 4. The fraction of sp³-hybridized carbons (Fsp3) is 0.154. The standard InChI is InChI=1S/C13H10ClN3OS/c1-8-6-11(14)16-12(15-8)7-17-4-2-10-9(13(17)18)3-5-19-10/h2-6H,7H2,1H3. The molecule has 0 unspecified atom stereocenters. The maximum atomic E-state index is 12.2. The molecule has 0 atom stereocenters. The van der Waals surface area contributed by atoms with Crippen molar-refractivity contribution in [2.45, 2.75) is 13.5 Å². The zero-order chi connectivity index (χ0) is 13.4. The lowest BCUT2D eigenvalue weighted by Gasteiger charge is -2.05. The van der Waals surface area contributed by atoms with Crippen molar-refractivity contribution in [3.8, 4) is 0 Å². The summed E-state index contributed by atoms with van der Waals surface area (Å²) in [5.41, 5.74) is 0.764. The van der Waals surface area contributed by atoms with Crippen molar-refractivity contribution in [1.29, 1.82) is 0 Å². The molecule has 0 N–H and O–H groups in total. The summed E-state index contributed by atoms with van der Waals surface area (Å²) in [5, 5.41) is 3.04. The van der Waals surface area contributed by atoms with Gasteiger partial charge in [0.2, 0.25) is 0 Å². The lowest BCUT2D eigenvalue weighted by Crippen LogP contribution is -2.20. The van der Waals surface area contributed by atoms with E-state index < -0.39 is 0 Å². The van der Waals surface area contributed by atoms with E-state index in [0.29, 0.717) is 17.5 Å². The molecule has 3 aromatic rings. The van der Waals surface area contributed by atoms with Gasteiger partial charge in [-0.1, -0.05) is 11.6 Å². The minimum absolute atomic E-state index is 0.0278. The molecular formula is C13H10ClN3OS. The number of fused-ring (bicyclic) bond motifs is 1. The molecule has 96 valence electrons. The van der Waals surface area contributed by atoms with Crippen LogP contribution in [-0.2, 0) is 6.54 Å². The highest BCUT2D eigenvalue weighted by Gasteiger charge is 2.06. The van der Waals surface area contributed by atoms with Gasteiger partial charge >= 0.3 is 0 Å². The molecule has 0 aromatic carbocycles. The third-order valence-electron chi connectivity index (χ3n) is 2.77. The van der Waals surface area contributed by atoms with Crippen LogP contribution in [0.2, 0.25) is 5.15 Å². The molecule has 0 radical (unpaired) electrons. The van der Waals surface area contributed by atoms with E-state index in [-0.39, 0.29) is 5.56 Å². The second kappa shape index (κ2) is 4.75. The topological polar surface area (TPSA) is 47.8 Å². The van der Waals surface area contributed by atoms with Gasteiger partial charge in [0, 0.05) is 16.6 Å². The van der Waals surface area contributed by atoms with Gasteiger partial charge in [-0.15, -0.1) is 11.3 Å². The summed E-state index contributed by atoms with van der Waals surface area (Å²) < 4.78 is 2.59. The van der Waals surface area contributed by atoms with Gasteiger partial charge in [-0.2, -0.15) is 0 Å². The number of aryl methyl sites for hydroxylation is 1. The van der Waals surface area contributed by atoms with Crippen LogP contribution in [0.25, 0.3) is 10.1 Å². The largest absolute Gasteiger partial charge is 0.307 e. The number of halogens is 1. The molecule has 0 spiro atoms. The highest BCUT2D eigenvalue weighted by molar-refractivity contribution is 7.17. The van der Waals surface area contributed by atoms with Crippen molar-refractivity contribution >= 4 is 33.0 Å². The van der Waals surface area contributed by atoms with Crippen molar-refractivity contribution in [3.63, 3.8) is 0 Å². The van der Waals surface area contributed by atoms with E-state index in [4.69, 9.17) is 11.6 Å². The first kappa shape index (κ1) is 12.3. The maximum absolute atomic E-state index is 12.2. The van der Waals surface area contributed by atoms with Crippen molar-refractivity contribution in [2.24, 2.45) is 0 Å². The average Bonchev–Trinajstić information content (AvgIpc) is 2.80. The fourth-order valence-corrected chi connectivity index (χ4v) is 2.97. The molecule has 6 heteroatoms. The van der Waals surface area contributed by atoms with E-state index in [1.165, 1.54) is 0 Å². The van der Waals surface area contributed by atoms with Crippen molar-refractivity contribution in [2.75, 3.05) is 0 Å². The number of thiophene rings is 1. The first-order valence-corrected chi connectivity index (χ1v) is 6.96. The Hall–Kier alpha value is -1.72. The molecule has 0 aliphatic rings. The Labute approximate surface area is 118 Å². The van der Waals surface area contributed by atoms with Crippen molar-refractivity contribution in [1.82, 2.24) is 14.5 Å². The fourth-order valence-electron chi connectivity index (χ4n) is 1.94. The third kappa shape index (κ3) is 2.39. The van der Waals surface area contributed by atoms with E-state index in [9.17, 15) is 4.79 Å². The van der Waals surface area contributed by atoms with Crippen LogP contribution >= 0.6 is 22.9 Å². The van der Waals surface area contributed by atoms with Gasteiger partial charge in [-0.3, -0.25) is 4.79 Å². The Bertz CT molecular complexity index is 789. The van der Waals surface area contributed by atoms with E-state index in [2.05, 4.69) is 9.97 Å². The van der Waals surface area contributed by atoms with Gasteiger partial charge in [-0.05, 0) is 30.5 Å². The molecule has 0 amide bonds. The molecule has 0 saturated heterocycles. The second-order valence-electron chi connectivity index (χ2n) is 4.20. The van der Waals surface area contributed by atoms with Crippen LogP contribution < -0.4 is 5.56 Å². The Balaban J connectivity index is 2.05. The quantitative estimate of drug-likeness (QED) is 0.682. The lowest BCUT2D eigenvalue weighted by molar-refractivity contribution is 0.717. The Morgan fingerprint density at radius 2 is 2.21 bits per heavy atom. The number of nitrogens with zero attached hydrogens (tertiary/aromatic N) is 3. The molecule has 0 fully saturated rings. The first-order chi connectivity index (χ1) is 9.13. The van der Waals surface area contributed by atoms with E-state index in [0.717, 1.165) is 15.8 Å². The summed E-state index contributed by atoms with van der Waals surface area (Å²) in [6.45, 7) is 2.17. The highest BCUT2D eigenvalue weighted by Crippen LogP contribution is 2.16. The monoisotopic (exact) mass is 291 g/mol. The molecule has 0 aliphatic heterocycles. The van der Waals surface area contributed by atoms with E-state index >= 15 is 0 Å². The smallest absolute Gasteiger partial charge is 0.259 e. The average molecular weight is 292 g/mol. The zero-order valence-electron chi connectivity index (χ0n) is 10.1. The van der Waals surface area contributed by atoms with Gasteiger partial charge in [0.25, 0.3) is 5.56 Å². The normalized spacial score (nSPS) is 11.1. The second-order valence-corrected chi connectivity index (χ2v) is 5.53. The molecule has 4 nitrogen and oxygen atoms in total. The van der Waals surface area contributed by atoms with Crippen molar-refractivity contribution < 1.29 is 0 Å². The van der Waals surface area contributed by atoms with Gasteiger partial charge in [-0.25, -0.2) is 9.97 Å². The van der Waals surface area contributed by atoms with Crippen LogP contribution in [-0.4, -0.2) is 14.5 Å². The van der Waals surface area contributed by atoms with Gasteiger partial charge in [0.05, 0.1) is 11.9 Å². The first-order valence-electron chi connectivity index (χ1n) is 5.70. The molecule has 0 aliphatic carbocycles. The molecule has 19 heavy (non-hydrogen) atoms. The van der Waals surface area contributed by atoms with Crippen LogP contribution in [0.1, 0.15) is 11.5 Å². The predicted octanol–water partition coefficient (Wildman–Crippen LogP) is 2.86. The summed E-state index contributed by atoms with van der Waals surface area (Å²) in [6.07, 6.45) is 1.76. The summed E-state index contributed by atoms with van der Waals surface area (Å²) in [5.74, 6) is 0.543. The molecule has 3 aromatic heterocycles. The Kier molecular flexibility index (Phi) is 3.08. The highest BCUT2D eigenvalue weighted by atomic mass is 35.5. The maximum Gasteiger partial charge on any atom is 0.259 e. The number of pyridine rings is 1. The van der Waals surface area contributed by atoms with E-state index in [1.54, 1.807) is 28.2 Å². The van der Waals surface area contributed by atoms with E-state index in [1.807, 2.05) is 24.4 Å². The third-order valence-corrected chi connectivity index (χ3v) is 3.85. The van der Waals surface area contributed by atoms with Crippen LogP contribution in [0, 0.1) is 6.92 Å². The molecule has 0 saturated carbocycles. The van der Waals surface area contributed by atoms with Gasteiger partial charge < -0.3 is 4.57 Å².